The van der Waals surface area contributed by atoms with Crippen LogP contribution < -0.4 is 5.32 Å². The number of carboxylic acid groups (broad SMARTS) is 1. The zero-order valence-electron chi connectivity index (χ0n) is 11.7. The summed E-state index contributed by atoms with van der Waals surface area (Å²) in [6.45, 7) is 4.81. The van der Waals surface area contributed by atoms with Crippen LogP contribution in [-0.2, 0) is 4.79 Å². The van der Waals surface area contributed by atoms with Crippen LogP contribution in [0.15, 0.2) is 0 Å². The molecular formula is C13H24N2O3S. The van der Waals surface area contributed by atoms with Gasteiger partial charge in [0.05, 0.1) is 0 Å². The molecule has 1 heterocycles. The molecule has 0 aliphatic carbocycles. The standard InChI is InChI=1S/C13H24N2O3S/c1-10(2)8-15(9-12(16)17)13(18)14-7-11-5-3-4-6-19-11/h10-11H,3-9H2,1-2H3,(H,14,18)(H,16,17). The fraction of sp³-hybridized carbons (Fsp3) is 0.846. The van der Waals surface area contributed by atoms with E-state index in [1.54, 1.807) is 0 Å². The number of nitrogens with one attached hydrogen (secondary N) is 1. The molecule has 6 heteroatoms. The van der Waals surface area contributed by atoms with Gasteiger partial charge in [0.1, 0.15) is 6.54 Å². The monoisotopic (exact) mass is 288 g/mol. The van der Waals surface area contributed by atoms with Crippen LogP contribution in [0.5, 0.6) is 0 Å². The molecule has 5 nitrogen and oxygen atoms in total. The Morgan fingerprint density at radius 3 is 2.68 bits per heavy atom. The second kappa shape index (κ2) is 8.30. The van der Waals surface area contributed by atoms with Gasteiger partial charge in [-0.3, -0.25) is 4.79 Å². The Labute approximate surface area is 119 Å². The molecular weight excluding hydrogens is 264 g/mol. The lowest BCUT2D eigenvalue weighted by Crippen LogP contribution is -2.46. The van der Waals surface area contributed by atoms with Crippen molar-refractivity contribution in [1.82, 2.24) is 10.2 Å². The maximum Gasteiger partial charge on any atom is 0.323 e. The van der Waals surface area contributed by atoms with E-state index < -0.39 is 5.97 Å². The Morgan fingerprint density at radius 1 is 1.42 bits per heavy atom. The van der Waals surface area contributed by atoms with Crippen LogP contribution in [-0.4, -0.2) is 52.6 Å². The molecule has 1 fully saturated rings. The Morgan fingerprint density at radius 2 is 2.16 bits per heavy atom. The first-order valence-corrected chi connectivity index (χ1v) is 7.90. The average Bonchev–Trinajstić information content (AvgIpc) is 2.35. The number of amides is 2. The van der Waals surface area contributed by atoms with Crippen LogP contribution in [0.3, 0.4) is 0 Å². The van der Waals surface area contributed by atoms with E-state index in [4.69, 9.17) is 5.11 Å². The predicted molar refractivity (Wildman–Crippen MR) is 77.5 cm³/mol. The SMILES string of the molecule is CC(C)CN(CC(=O)O)C(=O)NCC1CCCCS1. The maximum atomic E-state index is 12.0. The maximum absolute atomic E-state index is 12.0. The number of urea groups is 1. The molecule has 2 amide bonds. The first kappa shape index (κ1) is 16.1. The van der Waals surface area contributed by atoms with Gasteiger partial charge in [-0.2, -0.15) is 11.8 Å². The van der Waals surface area contributed by atoms with Gasteiger partial charge in [0.25, 0.3) is 0 Å². The highest BCUT2D eigenvalue weighted by atomic mass is 32.2. The number of rotatable bonds is 6. The van der Waals surface area contributed by atoms with Crippen LogP contribution in [0.2, 0.25) is 0 Å². The molecule has 1 aliphatic rings. The van der Waals surface area contributed by atoms with E-state index in [2.05, 4.69) is 5.32 Å². The van der Waals surface area contributed by atoms with Crippen molar-refractivity contribution in [2.75, 3.05) is 25.4 Å². The molecule has 0 aromatic heterocycles. The third-order valence-corrected chi connectivity index (χ3v) is 4.35. The molecule has 2 N–H and O–H groups in total. The molecule has 0 bridgehead atoms. The Kier molecular flexibility index (Phi) is 7.05. The highest BCUT2D eigenvalue weighted by Gasteiger charge is 2.20. The minimum absolute atomic E-state index is 0.234. The van der Waals surface area contributed by atoms with Gasteiger partial charge in [-0.25, -0.2) is 4.79 Å². The summed E-state index contributed by atoms with van der Waals surface area (Å²) in [4.78, 5) is 24.2. The zero-order valence-corrected chi connectivity index (χ0v) is 12.5. The second-order valence-corrected chi connectivity index (χ2v) is 6.75. The van der Waals surface area contributed by atoms with E-state index in [1.165, 1.54) is 17.7 Å². The summed E-state index contributed by atoms with van der Waals surface area (Å²) in [6.07, 6.45) is 3.61. The van der Waals surface area contributed by atoms with Crippen LogP contribution >= 0.6 is 11.8 Å². The van der Waals surface area contributed by atoms with Crippen LogP contribution in [0.4, 0.5) is 4.79 Å². The topological polar surface area (TPSA) is 69.6 Å². The van der Waals surface area contributed by atoms with Gasteiger partial charge in [-0.1, -0.05) is 20.3 Å². The first-order chi connectivity index (χ1) is 8.99. The molecule has 1 unspecified atom stereocenters. The van der Waals surface area contributed by atoms with Crippen LogP contribution in [0.25, 0.3) is 0 Å². The molecule has 0 radical (unpaired) electrons. The van der Waals surface area contributed by atoms with E-state index in [0.717, 1.165) is 12.2 Å². The third-order valence-electron chi connectivity index (χ3n) is 2.95. The summed E-state index contributed by atoms with van der Waals surface area (Å²) in [7, 11) is 0. The van der Waals surface area contributed by atoms with Gasteiger partial charge in [0.2, 0.25) is 0 Å². The van der Waals surface area contributed by atoms with Crippen LogP contribution in [0.1, 0.15) is 33.1 Å². The number of carbonyl (C=O) groups excluding carboxylic acids is 1. The highest BCUT2D eigenvalue weighted by Crippen LogP contribution is 2.24. The highest BCUT2D eigenvalue weighted by molar-refractivity contribution is 7.99. The molecule has 0 saturated carbocycles. The van der Waals surface area contributed by atoms with Gasteiger partial charge in [0, 0.05) is 18.3 Å². The summed E-state index contributed by atoms with van der Waals surface area (Å²) >= 11 is 1.90. The van der Waals surface area contributed by atoms with Gasteiger partial charge in [-0.15, -0.1) is 0 Å². The van der Waals surface area contributed by atoms with E-state index in [9.17, 15) is 9.59 Å². The van der Waals surface area contributed by atoms with Crippen molar-refractivity contribution in [1.29, 1.82) is 0 Å². The van der Waals surface area contributed by atoms with Crippen molar-refractivity contribution in [2.45, 2.75) is 38.4 Å². The van der Waals surface area contributed by atoms with Crippen molar-refractivity contribution in [3.05, 3.63) is 0 Å². The van der Waals surface area contributed by atoms with E-state index in [1.807, 2.05) is 25.6 Å². The number of carbonyl (C=O) groups is 2. The molecule has 110 valence electrons. The number of nitrogens with zero attached hydrogens (tertiary/aromatic N) is 1. The van der Waals surface area contributed by atoms with Crippen molar-refractivity contribution >= 4 is 23.8 Å². The molecule has 1 aliphatic heterocycles. The first-order valence-electron chi connectivity index (χ1n) is 6.85. The van der Waals surface area contributed by atoms with Gasteiger partial charge < -0.3 is 15.3 Å². The molecule has 1 saturated heterocycles. The molecule has 0 aromatic rings. The summed E-state index contributed by atoms with van der Waals surface area (Å²) in [5, 5.41) is 12.2. The normalized spacial score (nSPS) is 19.2. The molecule has 0 spiro atoms. The number of thioether (sulfide) groups is 1. The van der Waals surface area contributed by atoms with Gasteiger partial charge >= 0.3 is 12.0 Å². The van der Waals surface area contributed by atoms with E-state index >= 15 is 0 Å². The van der Waals surface area contributed by atoms with E-state index in [-0.39, 0.29) is 18.5 Å². The summed E-state index contributed by atoms with van der Waals surface area (Å²) in [5.74, 6) is 0.447. The van der Waals surface area contributed by atoms with Crippen molar-refractivity contribution in [3.63, 3.8) is 0 Å². The van der Waals surface area contributed by atoms with Gasteiger partial charge in [0.15, 0.2) is 0 Å². The van der Waals surface area contributed by atoms with E-state index in [0.29, 0.717) is 18.3 Å². The molecule has 19 heavy (non-hydrogen) atoms. The van der Waals surface area contributed by atoms with Crippen molar-refractivity contribution in [2.24, 2.45) is 5.92 Å². The predicted octanol–water partition coefficient (Wildman–Crippen LogP) is 2.02. The minimum atomic E-state index is -0.970. The Bertz CT molecular complexity index is 304. The zero-order chi connectivity index (χ0) is 14.3. The Balaban J connectivity index is 2.39. The lowest BCUT2D eigenvalue weighted by atomic mass is 10.2. The quantitative estimate of drug-likeness (QED) is 0.784. The summed E-state index contributed by atoms with van der Waals surface area (Å²) in [6, 6.07) is -0.262. The van der Waals surface area contributed by atoms with Crippen molar-refractivity contribution in [3.8, 4) is 0 Å². The number of hydrogen-bond acceptors (Lipinski definition) is 3. The number of hydrogen-bond donors (Lipinski definition) is 2. The largest absolute Gasteiger partial charge is 0.480 e. The second-order valence-electron chi connectivity index (χ2n) is 5.34. The summed E-state index contributed by atoms with van der Waals surface area (Å²) in [5.41, 5.74) is 0. The number of aliphatic carboxylic acids is 1. The fourth-order valence-electron chi connectivity index (χ4n) is 2.10. The van der Waals surface area contributed by atoms with Crippen LogP contribution in [0, 0.1) is 5.92 Å². The summed E-state index contributed by atoms with van der Waals surface area (Å²) < 4.78 is 0. The minimum Gasteiger partial charge on any atom is -0.480 e. The molecule has 1 rings (SSSR count). The molecule has 0 aromatic carbocycles. The lowest BCUT2D eigenvalue weighted by molar-refractivity contribution is -0.137. The van der Waals surface area contributed by atoms with Gasteiger partial charge in [-0.05, 0) is 24.5 Å². The fourth-order valence-corrected chi connectivity index (χ4v) is 3.34. The average molecular weight is 288 g/mol. The molecule has 1 atom stereocenters. The van der Waals surface area contributed by atoms with Crippen molar-refractivity contribution < 1.29 is 14.7 Å². The third kappa shape index (κ3) is 6.71. The Hall–Kier alpha value is -0.910. The smallest absolute Gasteiger partial charge is 0.323 e. The lowest BCUT2D eigenvalue weighted by Gasteiger charge is -2.26. The number of carboxylic acids is 1.